The van der Waals surface area contributed by atoms with Crippen molar-refractivity contribution in [3.63, 3.8) is 0 Å². The predicted octanol–water partition coefficient (Wildman–Crippen LogP) is 9.66. The Morgan fingerprint density at radius 1 is 0.895 bits per heavy atom. The van der Waals surface area contributed by atoms with Crippen LogP contribution < -0.4 is 5.09 Å². The summed E-state index contributed by atoms with van der Waals surface area (Å²) in [6, 6.07) is 28.8. The molecular formula is C32H28FIN3P. The number of allylic oxidation sites excluding steroid dienone is 1. The summed E-state index contributed by atoms with van der Waals surface area (Å²) in [6.45, 7) is 0. The van der Waals surface area contributed by atoms with Crippen molar-refractivity contribution >= 4 is 63.4 Å². The molecule has 1 aliphatic carbocycles. The van der Waals surface area contributed by atoms with Crippen LogP contribution in [0.1, 0.15) is 52.6 Å². The molecule has 0 aliphatic heterocycles. The van der Waals surface area contributed by atoms with E-state index in [4.69, 9.17) is 5.41 Å². The molecule has 0 amide bonds. The van der Waals surface area contributed by atoms with Crippen LogP contribution in [0.4, 0.5) is 10.1 Å². The van der Waals surface area contributed by atoms with Crippen molar-refractivity contribution in [1.29, 1.82) is 5.41 Å². The van der Waals surface area contributed by atoms with Crippen molar-refractivity contribution in [1.82, 2.24) is 4.98 Å². The van der Waals surface area contributed by atoms with Gasteiger partial charge in [-0.1, -0.05) is 85.3 Å². The van der Waals surface area contributed by atoms with Crippen LogP contribution in [-0.4, -0.2) is 10.9 Å². The summed E-state index contributed by atoms with van der Waals surface area (Å²) in [5, 5.41) is 11.0. The average molecular weight is 631 g/mol. The lowest BCUT2D eigenvalue weighted by Crippen LogP contribution is -2.15. The summed E-state index contributed by atoms with van der Waals surface area (Å²) < 4.78 is 14.4. The lowest BCUT2D eigenvalue weighted by Gasteiger charge is -2.32. The molecule has 190 valence electrons. The number of aromatic nitrogens is 1. The van der Waals surface area contributed by atoms with Gasteiger partial charge in [-0.2, -0.15) is 4.39 Å². The minimum atomic E-state index is -0.927. The molecule has 4 aromatic rings. The maximum absolute atomic E-state index is 14.4. The molecule has 0 spiro atoms. The van der Waals surface area contributed by atoms with Gasteiger partial charge in [-0.3, -0.25) is 10.4 Å². The molecule has 1 saturated carbocycles. The van der Waals surface area contributed by atoms with Crippen molar-refractivity contribution in [2.24, 2.45) is 5.92 Å². The third-order valence-corrected chi connectivity index (χ3v) is 8.12. The third-order valence-electron chi connectivity index (χ3n) is 6.95. The Labute approximate surface area is 238 Å². The molecule has 1 atom stereocenters. The van der Waals surface area contributed by atoms with E-state index in [0.29, 0.717) is 23.5 Å². The van der Waals surface area contributed by atoms with Crippen LogP contribution in [0, 0.1) is 11.3 Å². The van der Waals surface area contributed by atoms with E-state index in [1.54, 1.807) is 6.20 Å². The van der Waals surface area contributed by atoms with E-state index >= 15 is 0 Å². The van der Waals surface area contributed by atoms with E-state index in [9.17, 15) is 4.39 Å². The highest BCUT2D eigenvalue weighted by Crippen LogP contribution is 2.45. The van der Waals surface area contributed by atoms with E-state index in [1.165, 1.54) is 17.6 Å². The van der Waals surface area contributed by atoms with E-state index in [2.05, 4.69) is 98.9 Å². The lowest BCUT2D eigenvalue weighted by molar-refractivity contribution is 0.401. The highest BCUT2D eigenvalue weighted by Gasteiger charge is 2.27. The van der Waals surface area contributed by atoms with Crippen molar-refractivity contribution < 1.29 is 4.39 Å². The van der Waals surface area contributed by atoms with Crippen LogP contribution in [0.15, 0.2) is 97.3 Å². The molecule has 6 heteroatoms. The van der Waals surface area contributed by atoms with Crippen LogP contribution >= 0.6 is 28.4 Å². The normalized spacial score (nSPS) is 14.5. The van der Waals surface area contributed by atoms with Gasteiger partial charge in [0, 0.05) is 24.5 Å². The Morgan fingerprint density at radius 2 is 1.63 bits per heavy atom. The second kappa shape index (κ2) is 12.6. The van der Waals surface area contributed by atoms with Crippen molar-refractivity contribution in [3.8, 4) is 0 Å². The smallest absolute Gasteiger partial charge is 0.214 e. The Bertz CT molecular complexity index is 1460. The zero-order valence-electron chi connectivity index (χ0n) is 20.8. The molecule has 1 aliphatic rings. The average Bonchev–Trinajstić information content (AvgIpc) is 2.93. The molecule has 0 saturated heterocycles. The first-order valence-electron chi connectivity index (χ1n) is 12.6. The van der Waals surface area contributed by atoms with Crippen LogP contribution in [0.3, 0.4) is 0 Å². The highest BCUT2D eigenvalue weighted by atomic mass is 127. The number of hydrogen-bond acceptors (Lipinski definition) is 3. The van der Waals surface area contributed by atoms with Gasteiger partial charge in [0.2, 0.25) is 5.97 Å². The van der Waals surface area contributed by atoms with Crippen LogP contribution in [0.5, 0.6) is 0 Å². The minimum Gasteiger partial charge on any atom is -0.358 e. The number of nitrogens with zero attached hydrogens (tertiary/aromatic N) is 1. The molecule has 0 radical (unpaired) electrons. The molecule has 2 N–H and O–H groups in total. The zero-order chi connectivity index (χ0) is 26.3. The summed E-state index contributed by atoms with van der Waals surface area (Å²) in [4.78, 5) is 4.18. The standard InChI is InChI=1S/C32H28FIN3P/c33-32(35)28-20-27(17-18-29(28)37-38-34)31(30(25-9-4-10-25)24-7-2-1-3-8-24)26-15-13-22(14-16-26)11-12-23-6-5-19-36-21-23/h1-3,5-8,11-21,25,35,37-38H,4,9-10H2/b12-11+,31-30-,35-32?. The Kier molecular flexibility index (Phi) is 8.77. The SMILES string of the molecule is N=C(F)c1cc(/C(=C(/c2ccccc2)C2CCC2)c2ccc(/C=C/c3cccnc3)cc2)ccc1NPI. The zero-order valence-corrected chi connectivity index (χ0v) is 24.0. The molecule has 1 unspecified atom stereocenters. The van der Waals surface area contributed by atoms with Crippen molar-refractivity contribution in [2.75, 3.05) is 5.09 Å². The van der Waals surface area contributed by atoms with Gasteiger partial charge in [0.15, 0.2) is 0 Å². The van der Waals surface area contributed by atoms with Crippen molar-refractivity contribution in [2.45, 2.75) is 19.3 Å². The fraction of sp³-hybridized carbons (Fsp3) is 0.125. The maximum Gasteiger partial charge on any atom is 0.214 e. The molecule has 1 aromatic heterocycles. The quantitative estimate of drug-likeness (QED) is 0.0837. The van der Waals surface area contributed by atoms with Crippen LogP contribution in [0.25, 0.3) is 23.3 Å². The van der Waals surface area contributed by atoms with Gasteiger partial charge >= 0.3 is 0 Å². The first-order valence-corrected chi connectivity index (χ1v) is 16.7. The second-order valence-corrected chi connectivity index (χ2v) is 11.4. The Balaban J connectivity index is 1.65. The van der Waals surface area contributed by atoms with E-state index < -0.39 is 5.97 Å². The summed E-state index contributed by atoms with van der Waals surface area (Å²) in [6.07, 6.45) is 11.6. The van der Waals surface area contributed by atoms with E-state index in [0.717, 1.165) is 40.7 Å². The van der Waals surface area contributed by atoms with Gasteiger partial charge in [-0.05, 0) is 98.0 Å². The van der Waals surface area contributed by atoms with Gasteiger partial charge in [-0.25, -0.2) is 0 Å². The number of rotatable bonds is 9. The number of anilines is 1. The molecule has 5 rings (SSSR count). The van der Waals surface area contributed by atoms with Crippen LogP contribution in [-0.2, 0) is 0 Å². The summed E-state index contributed by atoms with van der Waals surface area (Å²) in [5.41, 5.74) is 8.69. The highest BCUT2D eigenvalue weighted by molar-refractivity contribution is 14.2. The molecule has 1 fully saturated rings. The van der Waals surface area contributed by atoms with Crippen molar-refractivity contribution in [3.05, 3.63) is 131 Å². The van der Waals surface area contributed by atoms with E-state index in [1.807, 2.05) is 36.5 Å². The fourth-order valence-corrected chi connectivity index (χ4v) is 6.04. The van der Waals surface area contributed by atoms with Crippen LogP contribution in [0.2, 0.25) is 0 Å². The summed E-state index contributed by atoms with van der Waals surface area (Å²) >= 11 is 2.22. The van der Waals surface area contributed by atoms with E-state index in [-0.39, 0.29) is 0 Å². The summed E-state index contributed by atoms with van der Waals surface area (Å²) in [5.74, 6) is -0.483. The van der Waals surface area contributed by atoms with Gasteiger partial charge in [0.1, 0.15) is 0 Å². The topological polar surface area (TPSA) is 48.8 Å². The largest absolute Gasteiger partial charge is 0.358 e. The fourth-order valence-electron chi connectivity index (χ4n) is 4.85. The Morgan fingerprint density at radius 3 is 2.26 bits per heavy atom. The monoisotopic (exact) mass is 631 g/mol. The molecule has 3 aromatic carbocycles. The predicted molar refractivity (Wildman–Crippen MR) is 170 cm³/mol. The van der Waals surface area contributed by atoms with Gasteiger partial charge in [0.05, 0.1) is 5.56 Å². The maximum atomic E-state index is 14.4. The summed E-state index contributed by atoms with van der Waals surface area (Å²) in [7, 11) is 0. The lowest BCUT2D eigenvalue weighted by atomic mass is 9.73. The first-order chi connectivity index (χ1) is 18.6. The molecule has 0 bridgehead atoms. The third kappa shape index (κ3) is 6.11. The first kappa shape index (κ1) is 26.5. The number of nitrogens with one attached hydrogen (secondary N) is 2. The Hall–Kier alpha value is -3.15. The number of benzene rings is 3. The number of hydrogen-bond donors (Lipinski definition) is 2. The van der Waals surface area contributed by atoms with Gasteiger partial charge in [-0.15, -0.1) is 0 Å². The molecule has 1 heterocycles. The minimum absolute atomic E-state index is 0.293. The molecule has 3 nitrogen and oxygen atoms in total. The van der Waals surface area contributed by atoms with Gasteiger partial charge in [0.25, 0.3) is 0 Å². The molecule has 38 heavy (non-hydrogen) atoms. The molecular weight excluding hydrogens is 603 g/mol. The van der Waals surface area contributed by atoms with Gasteiger partial charge < -0.3 is 5.09 Å². The number of pyridine rings is 1. The second-order valence-electron chi connectivity index (χ2n) is 9.32. The number of halogens is 2.